The van der Waals surface area contributed by atoms with Gasteiger partial charge in [-0.2, -0.15) is 8.78 Å². The third-order valence-electron chi connectivity index (χ3n) is 4.55. The minimum atomic E-state index is -3.09. The number of halogens is 2. The number of ether oxygens (including phenoxy) is 2. The van der Waals surface area contributed by atoms with Crippen molar-refractivity contribution in [2.24, 2.45) is 0 Å². The predicted octanol–water partition coefficient (Wildman–Crippen LogP) is 3.39. The maximum Gasteiger partial charge on any atom is 0.410 e. The Balaban J connectivity index is 1.78. The summed E-state index contributed by atoms with van der Waals surface area (Å²) < 4.78 is 35.4. The smallest absolute Gasteiger partial charge is 0.410 e. The summed E-state index contributed by atoms with van der Waals surface area (Å²) in [5.41, 5.74) is -0.568. The lowest BCUT2D eigenvalue weighted by atomic mass is 10.2. The number of piperazine rings is 1. The van der Waals surface area contributed by atoms with Gasteiger partial charge in [-0.3, -0.25) is 10.1 Å². The molecule has 2 saturated heterocycles. The molecule has 8 nitrogen and oxygen atoms in total. The molecule has 1 aromatic carbocycles. The first kappa shape index (κ1) is 19.1. The van der Waals surface area contributed by atoms with Gasteiger partial charge in [-0.25, -0.2) is 4.79 Å². The number of hydrogen-bond donors (Lipinski definition) is 0. The molecule has 2 unspecified atom stereocenters. The number of nitrogens with zero attached hydrogens (tertiary/aromatic N) is 3. The Labute approximate surface area is 154 Å². The Morgan fingerprint density at radius 1 is 1.30 bits per heavy atom. The van der Waals surface area contributed by atoms with Gasteiger partial charge in [-0.1, -0.05) is 0 Å². The minimum absolute atomic E-state index is 0.0935. The normalized spacial score (nSPS) is 21.7. The number of nitro benzene ring substituents is 1. The highest BCUT2D eigenvalue weighted by Crippen LogP contribution is 2.41. The molecule has 1 aromatic rings. The minimum Gasteiger partial charge on any atom is -0.444 e. The van der Waals surface area contributed by atoms with Gasteiger partial charge in [-0.05, 0) is 33.3 Å². The zero-order valence-corrected chi connectivity index (χ0v) is 15.2. The number of non-ortho nitro benzene ring substituents is 1. The predicted molar refractivity (Wildman–Crippen MR) is 92.2 cm³/mol. The van der Waals surface area contributed by atoms with Crippen molar-refractivity contribution in [1.82, 2.24) is 4.90 Å². The number of benzene rings is 1. The maximum absolute atomic E-state index is 12.8. The number of alkyl halides is 2. The lowest BCUT2D eigenvalue weighted by Crippen LogP contribution is -2.50. The third-order valence-corrected chi connectivity index (χ3v) is 4.55. The summed E-state index contributed by atoms with van der Waals surface area (Å²) in [6, 6.07) is 3.46. The van der Waals surface area contributed by atoms with E-state index in [4.69, 9.17) is 4.74 Å². The van der Waals surface area contributed by atoms with E-state index in [1.807, 2.05) is 4.90 Å². The van der Waals surface area contributed by atoms with E-state index in [2.05, 4.69) is 4.74 Å². The standard InChI is InChI=1S/C17H21F2N3O5/c1-17(2,3)27-16(23)21-9-11-6-12(21)8-20(11)13-5-4-10(22(24)25)7-14(13)26-15(18)19/h4-5,7,11-12,15H,6,8-9H2,1-3H3. The van der Waals surface area contributed by atoms with Crippen molar-refractivity contribution < 1.29 is 28.0 Å². The van der Waals surface area contributed by atoms with Crippen LogP contribution >= 0.6 is 0 Å². The molecule has 0 aliphatic carbocycles. The summed E-state index contributed by atoms with van der Waals surface area (Å²) in [6.45, 7) is 3.08. The molecule has 27 heavy (non-hydrogen) atoms. The molecule has 148 valence electrons. The van der Waals surface area contributed by atoms with Gasteiger partial charge < -0.3 is 19.3 Å². The zero-order chi connectivity index (χ0) is 19.9. The molecule has 2 fully saturated rings. The first-order valence-corrected chi connectivity index (χ1v) is 8.54. The Kier molecular flexibility index (Phi) is 4.83. The number of carbonyl (C=O) groups excluding carboxylic acids is 1. The first-order valence-electron chi connectivity index (χ1n) is 8.54. The van der Waals surface area contributed by atoms with Crippen LogP contribution in [0.2, 0.25) is 0 Å². The molecule has 0 N–H and O–H groups in total. The second kappa shape index (κ2) is 6.82. The number of carbonyl (C=O) groups is 1. The van der Waals surface area contributed by atoms with Crippen LogP contribution in [-0.4, -0.2) is 53.3 Å². The van der Waals surface area contributed by atoms with Crippen LogP contribution in [-0.2, 0) is 4.74 Å². The van der Waals surface area contributed by atoms with Gasteiger partial charge in [-0.15, -0.1) is 0 Å². The Hall–Kier alpha value is -2.65. The van der Waals surface area contributed by atoms with E-state index >= 15 is 0 Å². The van der Waals surface area contributed by atoms with Crippen molar-refractivity contribution in [3.63, 3.8) is 0 Å². The fourth-order valence-electron chi connectivity index (χ4n) is 3.55. The number of anilines is 1. The van der Waals surface area contributed by atoms with Crippen molar-refractivity contribution in [3.05, 3.63) is 28.3 Å². The average molecular weight is 385 g/mol. The molecule has 0 aromatic heterocycles. The van der Waals surface area contributed by atoms with Crippen molar-refractivity contribution in [2.75, 3.05) is 18.0 Å². The maximum atomic E-state index is 12.8. The molecular formula is C17H21F2N3O5. The number of fused-ring (bicyclic) bond motifs is 2. The number of rotatable bonds is 4. The second-order valence-electron chi connectivity index (χ2n) is 7.62. The van der Waals surface area contributed by atoms with Gasteiger partial charge in [0.1, 0.15) is 5.60 Å². The first-order chi connectivity index (χ1) is 12.5. The Morgan fingerprint density at radius 3 is 2.52 bits per heavy atom. The molecule has 2 heterocycles. The van der Waals surface area contributed by atoms with E-state index in [0.717, 1.165) is 6.07 Å². The summed E-state index contributed by atoms with van der Waals surface area (Å²) in [7, 11) is 0. The summed E-state index contributed by atoms with van der Waals surface area (Å²) >= 11 is 0. The van der Waals surface area contributed by atoms with Crippen LogP contribution < -0.4 is 9.64 Å². The Bertz CT molecular complexity index is 753. The van der Waals surface area contributed by atoms with E-state index in [9.17, 15) is 23.7 Å². The van der Waals surface area contributed by atoms with Crippen molar-refractivity contribution in [2.45, 2.75) is 51.5 Å². The molecule has 1 amide bonds. The molecule has 2 aliphatic rings. The van der Waals surface area contributed by atoms with Crippen LogP contribution in [0.25, 0.3) is 0 Å². The quantitative estimate of drug-likeness (QED) is 0.583. The number of hydrogen-bond acceptors (Lipinski definition) is 6. The van der Waals surface area contributed by atoms with Crippen LogP contribution in [0.1, 0.15) is 27.2 Å². The van der Waals surface area contributed by atoms with Crippen LogP contribution in [0.3, 0.4) is 0 Å². The highest BCUT2D eigenvalue weighted by Gasteiger charge is 2.47. The average Bonchev–Trinajstić information content (AvgIpc) is 3.12. The SMILES string of the molecule is CC(C)(C)OC(=O)N1CC2CC1CN2c1ccc([N+](=O)[O-])cc1OC(F)F. The van der Waals surface area contributed by atoms with Gasteiger partial charge in [0.25, 0.3) is 5.69 Å². The molecule has 3 rings (SSSR count). The van der Waals surface area contributed by atoms with E-state index in [1.54, 1.807) is 25.7 Å². The summed E-state index contributed by atoms with van der Waals surface area (Å²) in [4.78, 5) is 26.1. The number of likely N-dealkylation sites (tertiary alicyclic amines) is 1. The molecule has 0 radical (unpaired) electrons. The van der Waals surface area contributed by atoms with Crippen molar-refractivity contribution in [3.8, 4) is 5.75 Å². The molecule has 0 saturated carbocycles. The van der Waals surface area contributed by atoms with E-state index in [1.165, 1.54) is 12.1 Å². The monoisotopic (exact) mass is 385 g/mol. The zero-order valence-electron chi connectivity index (χ0n) is 15.2. The highest BCUT2D eigenvalue weighted by atomic mass is 19.3. The molecule has 2 atom stereocenters. The van der Waals surface area contributed by atoms with Gasteiger partial charge >= 0.3 is 12.7 Å². The molecule has 10 heteroatoms. The van der Waals surface area contributed by atoms with Crippen molar-refractivity contribution in [1.29, 1.82) is 0 Å². The summed E-state index contributed by atoms with van der Waals surface area (Å²) in [5, 5.41) is 10.9. The number of amides is 1. The van der Waals surface area contributed by atoms with Crippen LogP contribution in [0.15, 0.2) is 18.2 Å². The lowest BCUT2D eigenvalue weighted by molar-refractivity contribution is -0.385. The van der Waals surface area contributed by atoms with Gasteiger partial charge in [0, 0.05) is 25.2 Å². The molecule has 0 spiro atoms. The molecule has 2 aliphatic heterocycles. The molecule has 2 bridgehead atoms. The highest BCUT2D eigenvalue weighted by molar-refractivity contribution is 5.71. The van der Waals surface area contributed by atoms with E-state index in [-0.39, 0.29) is 23.5 Å². The number of nitro groups is 1. The van der Waals surface area contributed by atoms with Gasteiger partial charge in [0.2, 0.25) is 0 Å². The van der Waals surface area contributed by atoms with Crippen molar-refractivity contribution >= 4 is 17.5 Å². The summed E-state index contributed by atoms with van der Waals surface area (Å²) in [5.74, 6) is -0.240. The largest absolute Gasteiger partial charge is 0.444 e. The van der Waals surface area contributed by atoms with Gasteiger partial charge in [0.05, 0.1) is 22.7 Å². The summed E-state index contributed by atoms with van der Waals surface area (Å²) in [6.07, 6.45) is 0.270. The lowest BCUT2D eigenvalue weighted by Gasteiger charge is -2.36. The van der Waals surface area contributed by atoms with E-state index < -0.39 is 23.2 Å². The fourth-order valence-corrected chi connectivity index (χ4v) is 3.55. The van der Waals surface area contributed by atoms with Crippen LogP contribution in [0, 0.1) is 10.1 Å². The second-order valence-corrected chi connectivity index (χ2v) is 7.62. The van der Waals surface area contributed by atoms with Crippen LogP contribution in [0.5, 0.6) is 5.75 Å². The molecular weight excluding hydrogens is 364 g/mol. The van der Waals surface area contributed by atoms with Gasteiger partial charge in [0.15, 0.2) is 5.75 Å². The van der Waals surface area contributed by atoms with E-state index in [0.29, 0.717) is 25.2 Å². The Morgan fingerprint density at radius 2 is 2.00 bits per heavy atom. The topological polar surface area (TPSA) is 85.2 Å². The third kappa shape index (κ3) is 4.04. The van der Waals surface area contributed by atoms with Crippen LogP contribution in [0.4, 0.5) is 25.0 Å². The fraction of sp³-hybridized carbons (Fsp3) is 0.588.